The summed E-state index contributed by atoms with van der Waals surface area (Å²) in [5.41, 5.74) is 2.70. The van der Waals surface area contributed by atoms with E-state index in [1.165, 1.54) is 0 Å². The first-order chi connectivity index (χ1) is 12.7. The molecule has 27 heavy (non-hydrogen) atoms. The Morgan fingerprint density at radius 2 is 1.93 bits per heavy atom. The molecule has 6 heteroatoms. The van der Waals surface area contributed by atoms with E-state index in [1.807, 2.05) is 53.1 Å². The van der Waals surface area contributed by atoms with Crippen molar-refractivity contribution >= 4 is 22.6 Å². The standard InChI is InChI=1S/C21H19NO4.K/c1-2-25-21(24)17-12-22-18-9-8-16(10-15(18)11-19(22)20(17)23)26-13-14-6-4-3-5-7-14;/h3-11,23H,2,12-13H2,1H3;/q;+1/p-1. The minimum absolute atomic E-state index is 0. The van der Waals surface area contributed by atoms with Gasteiger partial charge in [0.05, 0.1) is 18.7 Å². The third-order valence-electron chi connectivity index (χ3n) is 4.47. The van der Waals surface area contributed by atoms with Crippen LogP contribution in [0.1, 0.15) is 18.2 Å². The van der Waals surface area contributed by atoms with Crippen molar-refractivity contribution in [3.05, 3.63) is 71.4 Å². The molecule has 0 amide bonds. The van der Waals surface area contributed by atoms with Crippen molar-refractivity contribution < 1.29 is 70.8 Å². The van der Waals surface area contributed by atoms with Crippen LogP contribution >= 0.6 is 0 Å². The van der Waals surface area contributed by atoms with Gasteiger partial charge in [-0.05, 0) is 36.8 Å². The molecule has 1 aliphatic heterocycles. The van der Waals surface area contributed by atoms with Gasteiger partial charge in [-0.1, -0.05) is 36.1 Å². The monoisotopic (exact) mass is 387 g/mol. The summed E-state index contributed by atoms with van der Waals surface area (Å²) in [7, 11) is 0. The molecule has 0 unspecified atom stereocenters. The van der Waals surface area contributed by atoms with Gasteiger partial charge < -0.3 is 19.1 Å². The molecule has 0 N–H and O–H groups in total. The van der Waals surface area contributed by atoms with Crippen molar-refractivity contribution in [3.63, 3.8) is 0 Å². The van der Waals surface area contributed by atoms with Gasteiger partial charge in [0.2, 0.25) is 0 Å². The molecular formula is C21H18KNO4. The van der Waals surface area contributed by atoms with Crippen LogP contribution in [0.2, 0.25) is 0 Å². The second-order valence-corrected chi connectivity index (χ2v) is 6.14. The minimum Gasteiger partial charge on any atom is -0.871 e. The average molecular weight is 387 g/mol. The van der Waals surface area contributed by atoms with Crippen LogP contribution in [-0.2, 0) is 22.7 Å². The summed E-state index contributed by atoms with van der Waals surface area (Å²) in [6.07, 6.45) is 0. The minimum atomic E-state index is -0.530. The van der Waals surface area contributed by atoms with Crippen LogP contribution in [0.4, 0.5) is 0 Å². The number of aromatic nitrogens is 1. The Balaban J connectivity index is 0.00000210. The summed E-state index contributed by atoms with van der Waals surface area (Å²) in [6, 6.07) is 17.5. The van der Waals surface area contributed by atoms with Gasteiger partial charge in [0.15, 0.2) is 0 Å². The molecule has 0 atom stereocenters. The quantitative estimate of drug-likeness (QED) is 0.452. The molecule has 0 saturated heterocycles. The number of esters is 1. The van der Waals surface area contributed by atoms with Crippen molar-refractivity contribution in [2.45, 2.75) is 20.1 Å². The molecule has 2 aromatic carbocycles. The number of ether oxygens (including phenoxy) is 2. The van der Waals surface area contributed by atoms with E-state index in [0.29, 0.717) is 12.3 Å². The van der Waals surface area contributed by atoms with Crippen molar-refractivity contribution in [1.29, 1.82) is 0 Å². The van der Waals surface area contributed by atoms with Crippen molar-refractivity contribution in [1.82, 2.24) is 4.57 Å². The fourth-order valence-corrected chi connectivity index (χ4v) is 3.20. The summed E-state index contributed by atoms with van der Waals surface area (Å²) in [5, 5.41) is 13.4. The fraction of sp³-hybridized carbons (Fsp3) is 0.190. The summed E-state index contributed by atoms with van der Waals surface area (Å²) in [4.78, 5) is 11.9. The first-order valence-electron chi connectivity index (χ1n) is 8.55. The van der Waals surface area contributed by atoms with Crippen LogP contribution in [0, 0.1) is 0 Å². The van der Waals surface area contributed by atoms with E-state index in [4.69, 9.17) is 9.47 Å². The van der Waals surface area contributed by atoms with Crippen molar-refractivity contribution in [2.75, 3.05) is 6.61 Å². The molecule has 0 radical (unpaired) electrons. The van der Waals surface area contributed by atoms with Crippen molar-refractivity contribution in [2.24, 2.45) is 0 Å². The number of fused-ring (bicyclic) bond motifs is 3. The van der Waals surface area contributed by atoms with E-state index < -0.39 is 5.97 Å². The summed E-state index contributed by atoms with van der Waals surface area (Å²) >= 11 is 0. The topological polar surface area (TPSA) is 63.5 Å². The summed E-state index contributed by atoms with van der Waals surface area (Å²) < 4.78 is 12.7. The Kier molecular flexibility index (Phi) is 6.44. The van der Waals surface area contributed by atoms with Gasteiger partial charge in [-0.3, -0.25) is 0 Å². The van der Waals surface area contributed by atoms with Gasteiger partial charge in [0.25, 0.3) is 0 Å². The van der Waals surface area contributed by atoms with Crippen LogP contribution in [0.3, 0.4) is 0 Å². The molecule has 132 valence electrons. The number of carbonyl (C=O) groups excluding carboxylic acids is 1. The SMILES string of the molecule is CCOC(=O)C1=C([O-])c2cc3cc(OCc4ccccc4)ccc3n2C1.[K+]. The largest absolute Gasteiger partial charge is 1.00 e. The molecule has 0 saturated carbocycles. The molecule has 1 aliphatic rings. The van der Waals surface area contributed by atoms with E-state index in [9.17, 15) is 9.90 Å². The van der Waals surface area contributed by atoms with Gasteiger partial charge in [0.1, 0.15) is 12.4 Å². The molecule has 0 fully saturated rings. The first-order valence-corrected chi connectivity index (χ1v) is 8.55. The zero-order valence-corrected chi connectivity index (χ0v) is 18.5. The first kappa shape index (κ1) is 20.2. The Morgan fingerprint density at radius 3 is 2.67 bits per heavy atom. The third-order valence-corrected chi connectivity index (χ3v) is 4.47. The number of nitrogens with zero attached hydrogens (tertiary/aromatic N) is 1. The second-order valence-electron chi connectivity index (χ2n) is 6.14. The molecular weight excluding hydrogens is 369 g/mol. The third kappa shape index (κ3) is 4.00. The Bertz CT molecular complexity index is 1010. The predicted octanol–water partition coefficient (Wildman–Crippen LogP) is -0.128. The molecule has 0 spiro atoms. The number of rotatable bonds is 5. The molecule has 2 heterocycles. The van der Waals surface area contributed by atoms with E-state index in [0.717, 1.165) is 22.2 Å². The number of carbonyl (C=O) groups is 1. The smallest absolute Gasteiger partial charge is 0.871 e. The summed E-state index contributed by atoms with van der Waals surface area (Å²) in [5.74, 6) is -0.0451. The molecule has 0 bridgehead atoms. The molecule has 1 aromatic heterocycles. The molecule has 4 rings (SSSR count). The van der Waals surface area contributed by atoms with Crippen LogP contribution in [0.15, 0.2) is 60.2 Å². The van der Waals surface area contributed by atoms with Gasteiger partial charge in [-0.25, -0.2) is 4.79 Å². The van der Waals surface area contributed by atoms with Gasteiger partial charge in [-0.15, -0.1) is 0 Å². The second kappa shape index (κ2) is 8.62. The maximum atomic E-state index is 12.5. The number of hydrogen-bond acceptors (Lipinski definition) is 4. The maximum Gasteiger partial charge on any atom is 1.00 e. The average Bonchev–Trinajstić information content (AvgIpc) is 3.17. The predicted molar refractivity (Wildman–Crippen MR) is 96.3 cm³/mol. The Hall–Kier alpha value is -1.57. The zero-order valence-electron chi connectivity index (χ0n) is 15.4. The molecule has 5 nitrogen and oxygen atoms in total. The molecule has 3 aromatic rings. The normalized spacial score (nSPS) is 12.6. The summed E-state index contributed by atoms with van der Waals surface area (Å²) in [6.45, 7) is 2.72. The Labute approximate surface area is 200 Å². The maximum absolute atomic E-state index is 12.5. The van der Waals surface area contributed by atoms with E-state index in [2.05, 4.69) is 0 Å². The van der Waals surface area contributed by atoms with Crippen LogP contribution < -0.4 is 61.2 Å². The van der Waals surface area contributed by atoms with Gasteiger partial charge in [-0.2, -0.15) is 0 Å². The van der Waals surface area contributed by atoms with Crippen molar-refractivity contribution in [3.8, 4) is 5.75 Å². The molecule has 0 aliphatic carbocycles. The van der Waals surface area contributed by atoms with E-state index in [-0.39, 0.29) is 75.9 Å². The van der Waals surface area contributed by atoms with E-state index >= 15 is 0 Å². The van der Waals surface area contributed by atoms with Gasteiger partial charge in [0, 0.05) is 16.6 Å². The fourth-order valence-electron chi connectivity index (χ4n) is 3.20. The Morgan fingerprint density at radius 1 is 1.15 bits per heavy atom. The number of hydrogen-bond donors (Lipinski definition) is 0. The number of benzene rings is 2. The van der Waals surface area contributed by atoms with Crippen LogP contribution in [-0.4, -0.2) is 17.1 Å². The zero-order chi connectivity index (χ0) is 18.1. The van der Waals surface area contributed by atoms with Crippen LogP contribution in [0.5, 0.6) is 5.75 Å². The van der Waals surface area contributed by atoms with Crippen LogP contribution in [0.25, 0.3) is 16.7 Å². The van der Waals surface area contributed by atoms with Gasteiger partial charge >= 0.3 is 57.4 Å². The van der Waals surface area contributed by atoms with E-state index in [1.54, 1.807) is 13.0 Å².